The van der Waals surface area contributed by atoms with Crippen LogP contribution in [-0.4, -0.2) is 13.1 Å². The second kappa shape index (κ2) is 20.0. The Hall–Kier alpha value is -2.02. The summed E-state index contributed by atoms with van der Waals surface area (Å²) in [5.74, 6) is -11.7. The second-order valence-corrected chi connectivity index (χ2v) is 9.42. The van der Waals surface area contributed by atoms with Crippen LogP contribution in [0.3, 0.4) is 0 Å². The van der Waals surface area contributed by atoms with Gasteiger partial charge in [-0.1, -0.05) is 109 Å². The number of nitrogens with one attached hydrogen (secondary N) is 1. The van der Waals surface area contributed by atoms with Gasteiger partial charge in [-0.15, -0.1) is 0 Å². The Morgan fingerprint density at radius 3 is 1.30 bits per heavy atom. The number of hydrogen-bond donors (Lipinski definition) is 1. The third kappa shape index (κ3) is 12.4. The average molecular weight is 532 g/mol. The summed E-state index contributed by atoms with van der Waals surface area (Å²) in [6.45, 7) is 7.05. The fourth-order valence-corrected chi connectivity index (χ4v) is 4.04. The molecule has 2 aromatic carbocycles. The normalized spacial score (nSPS) is 10.9. The summed E-state index contributed by atoms with van der Waals surface area (Å²) in [5, 5.41) is 3.59. The van der Waals surface area contributed by atoms with Crippen molar-refractivity contribution >= 4 is 0 Å². The highest BCUT2D eigenvalue weighted by atomic mass is 19.2. The van der Waals surface area contributed by atoms with E-state index in [1.807, 2.05) is 0 Å². The van der Waals surface area contributed by atoms with Crippen LogP contribution in [-0.2, 0) is 0 Å². The third-order valence-electron chi connectivity index (χ3n) is 6.27. The van der Waals surface area contributed by atoms with Crippen LogP contribution in [0.25, 0.3) is 11.1 Å². The van der Waals surface area contributed by atoms with E-state index in [0.29, 0.717) is 0 Å². The first-order valence-electron chi connectivity index (χ1n) is 13.8. The van der Waals surface area contributed by atoms with Gasteiger partial charge in [0.25, 0.3) is 0 Å². The van der Waals surface area contributed by atoms with Gasteiger partial charge in [-0.2, -0.15) is 0 Å². The van der Waals surface area contributed by atoms with E-state index in [1.54, 1.807) is 0 Å². The van der Waals surface area contributed by atoms with Crippen LogP contribution in [0, 0.1) is 34.9 Å². The molecule has 0 radical (unpaired) electrons. The van der Waals surface area contributed by atoms with Crippen molar-refractivity contribution in [2.75, 3.05) is 13.1 Å². The molecule has 0 unspecified atom stereocenters. The van der Waals surface area contributed by atoms with Gasteiger partial charge in [0.15, 0.2) is 23.3 Å². The molecule has 0 spiro atoms. The van der Waals surface area contributed by atoms with Crippen molar-refractivity contribution in [1.82, 2.24) is 5.32 Å². The Morgan fingerprint density at radius 2 is 0.865 bits per heavy atom. The fraction of sp³-hybridized carbons (Fsp3) is 0.600. The topological polar surface area (TPSA) is 12.0 Å². The maximum Gasteiger partial charge on any atom is 0.200 e. The van der Waals surface area contributed by atoms with Crippen molar-refractivity contribution in [2.45, 2.75) is 104 Å². The summed E-state index contributed by atoms with van der Waals surface area (Å²) in [7, 11) is 0. The summed E-state index contributed by atoms with van der Waals surface area (Å²) in [5.41, 5.74) is -1.96. The van der Waals surface area contributed by atoms with Gasteiger partial charge < -0.3 is 5.32 Å². The Labute approximate surface area is 219 Å². The van der Waals surface area contributed by atoms with Gasteiger partial charge in [0.1, 0.15) is 5.82 Å². The SMILES string of the molecule is CCCCCCCCCNCCCCCCCCC.Fc1ccccc1-c1c(F)c(F)c(F)c(F)c1F. The fourth-order valence-electron chi connectivity index (χ4n) is 4.04. The molecule has 0 fully saturated rings. The van der Waals surface area contributed by atoms with E-state index >= 15 is 0 Å². The number of hydrogen-bond acceptors (Lipinski definition) is 1. The van der Waals surface area contributed by atoms with E-state index < -0.39 is 46.0 Å². The Bertz CT molecular complexity index is 842. The molecule has 0 bridgehead atoms. The van der Waals surface area contributed by atoms with Gasteiger partial charge in [0.05, 0.1) is 5.56 Å². The molecule has 0 saturated carbocycles. The minimum atomic E-state index is -2.27. The first kappa shape index (κ1) is 33.0. The molecule has 0 heterocycles. The van der Waals surface area contributed by atoms with E-state index in [0.717, 1.165) is 12.1 Å². The molecule has 0 aliphatic rings. The van der Waals surface area contributed by atoms with Gasteiger partial charge in [0.2, 0.25) is 5.82 Å². The van der Waals surface area contributed by atoms with Crippen LogP contribution >= 0.6 is 0 Å². The smallest absolute Gasteiger partial charge is 0.200 e. The van der Waals surface area contributed by atoms with E-state index in [-0.39, 0.29) is 0 Å². The lowest BCUT2D eigenvalue weighted by Crippen LogP contribution is -2.16. The standard InChI is InChI=1S/C18H39N.C12H4F6/c1-3-5-7-9-11-13-15-17-19-18-16-14-12-10-8-6-4-2;13-6-4-2-1-3-5(6)7-8(14)10(16)12(18)11(17)9(7)15/h19H,3-18H2,1-2H3;1-4H. The lowest BCUT2D eigenvalue weighted by molar-refractivity contribution is 0.381. The first-order chi connectivity index (χ1) is 17.9. The average Bonchev–Trinajstić information content (AvgIpc) is 2.90. The molecule has 1 N–H and O–H groups in total. The van der Waals surface area contributed by atoms with Crippen LogP contribution < -0.4 is 5.32 Å². The summed E-state index contributed by atoms with van der Waals surface area (Å²) >= 11 is 0. The molecule has 210 valence electrons. The zero-order valence-electron chi connectivity index (χ0n) is 22.4. The Balaban J connectivity index is 0.000000370. The van der Waals surface area contributed by atoms with Crippen molar-refractivity contribution in [3.05, 3.63) is 59.2 Å². The number of halogens is 6. The van der Waals surface area contributed by atoms with Crippen molar-refractivity contribution in [3.8, 4) is 11.1 Å². The molecule has 2 rings (SSSR count). The van der Waals surface area contributed by atoms with Gasteiger partial charge in [-0.3, -0.25) is 0 Å². The second-order valence-electron chi connectivity index (χ2n) is 9.42. The monoisotopic (exact) mass is 531 g/mol. The van der Waals surface area contributed by atoms with Crippen molar-refractivity contribution in [2.24, 2.45) is 0 Å². The molecule has 1 nitrogen and oxygen atoms in total. The molecule has 0 atom stereocenters. The maximum absolute atomic E-state index is 13.4. The zero-order chi connectivity index (χ0) is 27.5. The molecule has 0 amide bonds. The van der Waals surface area contributed by atoms with E-state index in [1.165, 1.54) is 115 Å². The van der Waals surface area contributed by atoms with Crippen molar-refractivity contribution in [3.63, 3.8) is 0 Å². The Kier molecular flexibility index (Phi) is 17.8. The maximum atomic E-state index is 13.4. The molecule has 0 aromatic heterocycles. The highest BCUT2D eigenvalue weighted by Gasteiger charge is 2.27. The quantitative estimate of drug-likeness (QED) is 0.0927. The van der Waals surface area contributed by atoms with E-state index in [2.05, 4.69) is 19.2 Å². The zero-order valence-corrected chi connectivity index (χ0v) is 22.4. The summed E-state index contributed by atoms with van der Waals surface area (Å²) < 4.78 is 78.8. The molecule has 2 aromatic rings. The lowest BCUT2D eigenvalue weighted by atomic mass is 10.0. The molecule has 0 aliphatic carbocycles. The van der Waals surface area contributed by atoms with Gasteiger partial charge in [-0.25, -0.2) is 26.3 Å². The highest BCUT2D eigenvalue weighted by Crippen LogP contribution is 2.32. The van der Waals surface area contributed by atoms with Crippen molar-refractivity contribution < 1.29 is 26.3 Å². The molecule has 0 aliphatic heterocycles. The summed E-state index contributed by atoms with van der Waals surface area (Å²) in [6, 6.07) is 4.22. The van der Waals surface area contributed by atoms with Crippen LogP contribution in [0.5, 0.6) is 0 Å². The van der Waals surface area contributed by atoms with Crippen LogP contribution in [0.15, 0.2) is 24.3 Å². The predicted molar refractivity (Wildman–Crippen MR) is 140 cm³/mol. The number of rotatable bonds is 17. The predicted octanol–water partition coefficient (Wildman–Crippen LogP) is 10.3. The van der Waals surface area contributed by atoms with E-state index in [9.17, 15) is 26.3 Å². The minimum Gasteiger partial charge on any atom is -0.317 e. The van der Waals surface area contributed by atoms with E-state index in [4.69, 9.17) is 0 Å². The molecule has 37 heavy (non-hydrogen) atoms. The van der Waals surface area contributed by atoms with Crippen LogP contribution in [0.4, 0.5) is 26.3 Å². The van der Waals surface area contributed by atoms with Crippen LogP contribution in [0.1, 0.15) is 104 Å². The molecule has 0 saturated heterocycles. The lowest BCUT2D eigenvalue weighted by Gasteiger charge is -2.08. The Morgan fingerprint density at radius 1 is 0.486 bits per heavy atom. The minimum absolute atomic E-state index is 0.690. The summed E-state index contributed by atoms with van der Waals surface area (Å²) in [4.78, 5) is 0. The number of benzene rings is 2. The highest BCUT2D eigenvalue weighted by molar-refractivity contribution is 5.65. The first-order valence-corrected chi connectivity index (χ1v) is 13.8. The van der Waals surface area contributed by atoms with Gasteiger partial charge in [0, 0.05) is 5.56 Å². The number of unbranched alkanes of at least 4 members (excludes halogenated alkanes) is 12. The molecular weight excluding hydrogens is 488 g/mol. The molecular formula is C30H43F6N. The third-order valence-corrected chi connectivity index (χ3v) is 6.27. The largest absolute Gasteiger partial charge is 0.317 e. The van der Waals surface area contributed by atoms with Crippen LogP contribution in [0.2, 0.25) is 0 Å². The summed E-state index contributed by atoms with van der Waals surface area (Å²) in [6.07, 6.45) is 19.9. The van der Waals surface area contributed by atoms with Gasteiger partial charge in [-0.05, 0) is 32.0 Å². The van der Waals surface area contributed by atoms with Crippen molar-refractivity contribution in [1.29, 1.82) is 0 Å². The van der Waals surface area contributed by atoms with Gasteiger partial charge >= 0.3 is 0 Å². The molecule has 7 heteroatoms.